The van der Waals surface area contributed by atoms with Crippen molar-refractivity contribution in [1.29, 1.82) is 0 Å². The van der Waals surface area contributed by atoms with Crippen LogP contribution in [0.25, 0.3) is 0 Å². The number of morpholine rings is 1. The van der Waals surface area contributed by atoms with Crippen molar-refractivity contribution >= 4 is 0 Å². The fourth-order valence-electron chi connectivity index (χ4n) is 0.864. The molecule has 0 atom stereocenters. The van der Waals surface area contributed by atoms with Crippen molar-refractivity contribution in [3.8, 4) is 0 Å². The summed E-state index contributed by atoms with van der Waals surface area (Å²) in [5.74, 6) is 0. The van der Waals surface area contributed by atoms with Crippen molar-refractivity contribution in [1.82, 2.24) is 5.32 Å². The van der Waals surface area contributed by atoms with Crippen LogP contribution in [0.3, 0.4) is 0 Å². The Morgan fingerprint density at radius 3 is 2.25 bits per heavy atom. The Bertz CT molecular complexity index is 78.3. The van der Waals surface area contributed by atoms with Gasteiger partial charge in [-0.3, -0.25) is 0 Å². The van der Waals surface area contributed by atoms with Crippen LogP contribution >= 0.6 is 0 Å². The Labute approximate surface area is 76.0 Å². The number of unbranched alkanes of at least 4 members (excludes halogenated alkanes) is 2. The maximum absolute atomic E-state index is 5.01. The summed E-state index contributed by atoms with van der Waals surface area (Å²) in [6, 6.07) is 0. The molecule has 0 unspecified atom stereocenters. The zero-order chi connectivity index (χ0) is 9.07. The topological polar surface area (TPSA) is 21.3 Å². The summed E-state index contributed by atoms with van der Waals surface area (Å²) in [6.45, 7) is 9.62. The number of ether oxygens (including phenoxy) is 1. The molecule has 12 heavy (non-hydrogen) atoms. The van der Waals surface area contributed by atoms with Crippen LogP contribution in [0, 0.1) is 0 Å². The van der Waals surface area contributed by atoms with Crippen molar-refractivity contribution in [2.24, 2.45) is 0 Å². The highest BCUT2D eigenvalue weighted by Gasteiger charge is 1.92. The van der Waals surface area contributed by atoms with Crippen LogP contribution in [0.2, 0.25) is 0 Å². The third-order valence-electron chi connectivity index (χ3n) is 1.61. The van der Waals surface area contributed by atoms with Crippen molar-refractivity contribution in [3.63, 3.8) is 0 Å². The third kappa shape index (κ3) is 9.66. The minimum atomic E-state index is 0.889. The molecule has 0 aromatic heterocycles. The van der Waals surface area contributed by atoms with E-state index in [4.69, 9.17) is 4.74 Å². The minimum Gasteiger partial charge on any atom is -0.379 e. The summed E-state index contributed by atoms with van der Waals surface area (Å²) in [5.41, 5.74) is 0. The van der Waals surface area contributed by atoms with E-state index in [2.05, 4.69) is 18.8 Å². The first-order valence-electron chi connectivity index (χ1n) is 4.81. The van der Waals surface area contributed by atoms with E-state index in [-0.39, 0.29) is 0 Å². The molecule has 0 bridgehead atoms. The second kappa shape index (κ2) is 10.7. The van der Waals surface area contributed by atoms with E-state index >= 15 is 0 Å². The number of allylic oxidation sites excluding steroid dienone is 1. The summed E-state index contributed by atoms with van der Waals surface area (Å²) < 4.78 is 5.01. The summed E-state index contributed by atoms with van der Waals surface area (Å²) in [5, 5.41) is 3.16. The molecule has 0 amide bonds. The van der Waals surface area contributed by atoms with Crippen molar-refractivity contribution in [3.05, 3.63) is 12.7 Å². The second-order valence-electron chi connectivity index (χ2n) is 2.79. The Morgan fingerprint density at radius 2 is 2.08 bits per heavy atom. The van der Waals surface area contributed by atoms with Crippen LogP contribution in [0.4, 0.5) is 0 Å². The molecule has 0 saturated carbocycles. The van der Waals surface area contributed by atoms with Crippen LogP contribution in [-0.2, 0) is 4.74 Å². The molecule has 1 fully saturated rings. The van der Waals surface area contributed by atoms with Crippen molar-refractivity contribution < 1.29 is 4.74 Å². The van der Waals surface area contributed by atoms with Gasteiger partial charge < -0.3 is 10.1 Å². The maximum atomic E-state index is 5.01. The lowest BCUT2D eigenvalue weighted by atomic mass is 10.3. The molecule has 0 radical (unpaired) electrons. The van der Waals surface area contributed by atoms with E-state index in [1.807, 2.05) is 6.08 Å². The lowest BCUT2D eigenvalue weighted by molar-refractivity contribution is 0.109. The zero-order valence-corrected chi connectivity index (χ0v) is 8.14. The average molecular weight is 171 g/mol. The lowest BCUT2D eigenvalue weighted by Crippen LogP contribution is -2.30. The normalized spacial score (nSPS) is 16.1. The molecular formula is C10H21NO. The highest BCUT2D eigenvalue weighted by Crippen LogP contribution is 1.91. The van der Waals surface area contributed by atoms with Crippen LogP contribution in [-0.4, -0.2) is 26.3 Å². The number of rotatable bonds is 3. The standard InChI is InChI=1S/C6H12.C4H9NO/c1-3-5-6-4-2;1-3-6-4-2-5-1/h3H,1,4-6H2,2H3;5H,1-4H2. The van der Waals surface area contributed by atoms with Gasteiger partial charge in [0.2, 0.25) is 0 Å². The molecule has 0 aromatic rings. The Hall–Kier alpha value is -0.340. The monoisotopic (exact) mass is 171 g/mol. The summed E-state index contributed by atoms with van der Waals surface area (Å²) in [7, 11) is 0. The minimum absolute atomic E-state index is 0.889. The quantitative estimate of drug-likeness (QED) is 0.518. The van der Waals surface area contributed by atoms with Gasteiger partial charge in [0, 0.05) is 13.1 Å². The van der Waals surface area contributed by atoms with E-state index in [1.54, 1.807) is 0 Å². The van der Waals surface area contributed by atoms with Gasteiger partial charge in [0.25, 0.3) is 0 Å². The van der Waals surface area contributed by atoms with Crippen LogP contribution in [0.15, 0.2) is 12.7 Å². The molecule has 72 valence electrons. The zero-order valence-electron chi connectivity index (χ0n) is 8.14. The predicted molar refractivity (Wildman–Crippen MR) is 53.4 cm³/mol. The molecule has 0 aromatic carbocycles. The molecule has 1 N–H and O–H groups in total. The first kappa shape index (κ1) is 11.7. The molecular weight excluding hydrogens is 150 g/mol. The van der Waals surface area contributed by atoms with E-state index in [0.29, 0.717) is 0 Å². The fourth-order valence-corrected chi connectivity index (χ4v) is 0.864. The van der Waals surface area contributed by atoms with E-state index in [0.717, 1.165) is 26.3 Å². The van der Waals surface area contributed by atoms with Crippen LogP contribution in [0.1, 0.15) is 26.2 Å². The molecule has 1 aliphatic rings. The van der Waals surface area contributed by atoms with Gasteiger partial charge in [-0.05, 0) is 6.42 Å². The molecule has 2 heteroatoms. The SMILES string of the molecule is C1COCCN1.C=CCCCC. The van der Waals surface area contributed by atoms with E-state index in [1.165, 1.54) is 19.3 Å². The molecule has 1 saturated heterocycles. The van der Waals surface area contributed by atoms with Gasteiger partial charge in [-0.15, -0.1) is 6.58 Å². The maximum Gasteiger partial charge on any atom is 0.0591 e. The molecule has 1 aliphatic heterocycles. The molecule has 0 spiro atoms. The first-order valence-corrected chi connectivity index (χ1v) is 4.81. The highest BCUT2D eigenvalue weighted by molar-refractivity contribution is 4.64. The molecule has 2 nitrogen and oxygen atoms in total. The first-order chi connectivity index (χ1) is 5.91. The third-order valence-corrected chi connectivity index (χ3v) is 1.61. The Kier molecular flexibility index (Phi) is 10.4. The Balaban J connectivity index is 0.000000202. The van der Waals surface area contributed by atoms with Gasteiger partial charge >= 0.3 is 0 Å². The Morgan fingerprint density at radius 1 is 1.42 bits per heavy atom. The number of nitrogens with one attached hydrogen (secondary N) is 1. The smallest absolute Gasteiger partial charge is 0.0591 e. The van der Waals surface area contributed by atoms with Crippen molar-refractivity contribution in [2.75, 3.05) is 26.3 Å². The van der Waals surface area contributed by atoms with Gasteiger partial charge in [-0.2, -0.15) is 0 Å². The van der Waals surface area contributed by atoms with E-state index < -0.39 is 0 Å². The molecule has 1 rings (SSSR count). The predicted octanol–water partition coefficient (Wildman–Crippen LogP) is 1.97. The summed E-state index contributed by atoms with van der Waals surface area (Å²) in [6.07, 6.45) is 5.72. The second-order valence-corrected chi connectivity index (χ2v) is 2.79. The van der Waals surface area contributed by atoms with Gasteiger partial charge in [0.15, 0.2) is 0 Å². The fraction of sp³-hybridized carbons (Fsp3) is 0.800. The van der Waals surface area contributed by atoms with Gasteiger partial charge in [-0.1, -0.05) is 25.8 Å². The van der Waals surface area contributed by atoms with Gasteiger partial charge in [0.1, 0.15) is 0 Å². The number of hydrogen-bond donors (Lipinski definition) is 1. The molecule has 0 aliphatic carbocycles. The lowest BCUT2D eigenvalue weighted by Gasteiger charge is -2.10. The average Bonchev–Trinajstić information content (AvgIpc) is 2.18. The van der Waals surface area contributed by atoms with E-state index in [9.17, 15) is 0 Å². The van der Waals surface area contributed by atoms with Crippen LogP contribution < -0.4 is 5.32 Å². The largest absolute Gasteiger partial charge is 0.379 e. The molecule has 1 heterocycles. The summed E-state index contributed by atoms with van der Waals surface area (Å²) >= 11 is 0. The van der Waals surface area contributed by atoms with Gasteiger partial charge in [0.05, 0.1) is 13.2 Å². The van der Waals surface area contributed by atoms with Crippen molar-refractivity contribution in [2.45, 2.75) is 26.2 Å². The van der Waals surface area contributed by atoms with Gasteiger partial charge in [-0.25, -0.2) is 0 Å². The highest BCUT2D eigenvalue weighted by atomic mass is 16.5. The van der Waals surface area contributed by atoms with Crippen LogP contribution in [0.5, 0.6) is 0 Å². The number of hydrogen-bond acceptors (Lipinski definition) is 2. The summed E-state index contributed by atoms with van der Waals surface area (Å²) in [4.78, 5) is 0.